The van der Waals surface area contributed by atoms with Crippen molar-refractivity contribution in [3.05, 3.63) is 365 Å². The molecule has 0 spiro atoms. The van der Waals surface area contributed by atoms with Gasteiger partial charge in [0.15, 0.2) is 0 Å². The van der Waals surface area contributed by atoms with E-state index in [2.05, 4.69) is 75.1 Å². The maximum absolute atomic E-state index is 14.4. The molecule has 1 aliphatic rings. The van der Waals surface area contributed by atoms with Crippen LogP contribution >= 0.6 is 46.4 Å². The third kappa shape index (κ3) is 20.3. The molecule has 12 heterocycles. The van der Waals surface area contributed by atoms with Crippen LogP contribution in [0.2, 0.25) is 20.1 Å². The molecule has 24 nitrogen and oxygen atoms in total. The van der Waals surface area contributed by atoms with E-state index in [0.717, 1.165) is 84.0 Å². The number of benzene rings is 9. The van der Waals surface area contributed by atoms with Gasteiger partial charge in [0, 0.05) is 144 Å². The van der Waals surface area contributed by atoms with Crippen LogP contribution in [0.15, 0.2) is 293 Å². The minimum absolute atomic E-state index is 0.115. The molecule has 0 saturated carbocycles. The Morgan fingerprint density at radius 1 is 0.391 bits per heavy atom. The Balaban J connectivity index is 0.000000120. The molecule has 1 fully saturated rings. The number of aromatic nitrogens is 15. The summed E-state index contributed by atoms with van der Waals surface area (Å²) in [4.78, 5) is 85.2. The zero-order valence-corrected chi connectivity index (χ0v) is 75.6. The van der Waals surface area contributed by atoms with Gasteiger partial charge in [-0.3, -0.25) is 34.1 Å². The van der Waals surface area contributed by atoms with Crippen molar-refractivity contribution in [3.8, 4) is 124 Å². The average Bonchev–Trinajstić information content (AvgIpc) is 0.960. The fourth-order valence-corrected chi connectivity index (χ4v) is 16.1. The number of amides is 2. The average molecular weight is 1930 g/mol. The number of pyridine rings is 6. The number of methoxy groups -OCH3 is 2. The first kappa shape index (κ1) is 93.2. The molecule has 1 aliphatic heterocycles. The number of hydrogen-bond acceptors (Lipinski definition) is 21. The van der Waals surface area contributed by atoms with Gasteiger partial charge in [-0.2, -0.15) is 0 Å². The van der Waals surface area contributed by atoms with Crippen molar-refractivity contribution in [1.82, 2.24) is 84.4 Å². The number of rotatable bonds is 16. The van der Waals surface area contributed by atoms with Crippen LogP contribution in [0.3, 0.4) is 0 Å². The van der Waals surface area contributed by atoms with Gasteiger partial charge in [-0.25, -0.2) is 80.4 Å². The topological polar surface area (TPSA) is 314 Å². The number of hydrogen-bond donors (Lipinski definition) is 3. The van der Waals surface area contributed by atoms with E-state index in [4.69, 9.17) is 72.1 Å². The fourth-order valence-electron chi connectivity index (χ4n) is 15.4. The molecule has 0 aliphatic carbocycles. The van der Waals surface area contributed by atoms with E-state index < -0.39 is 23.3 Å². The summed E-state index contributed by atoms with van der Waals surface area (Å²) in [5.41, 5.74) is 28.3. The predicted molar refractivity (Wildman–Crippen MR) is 518 cm³/mol. The number of cyclic esters (lactones) is 1. The number of nitrogen functional groups attached to an aromatic ring is 2. The van der Waals surface area contributed by atoms with Gasteiger partial charge in [-0.15, -0.1) is 0 Å². The first-order chi connectivity index (χ1) is 66.9. The predicted octanol–water partition coefficient (Wildman–Crippen LogP) is 23.8. The summed E-state index contributed by atoms with van der Waals surface area (Å²) in [7, 11) is 3.09. The third-order valence-electron chi connectivity index (χ3n) is 22.1. The zero-order valence-electron chi connectivity index (χ0n) is 72.6. The molecular weight excluding hydrogens is 1860 g/mol. The van der Waals surface area contributed by atoms with Gasteiger partial charge >= 0.3 is 6.09 Å². The lowest BCUT2D eigenvalue weighted by atomic mass is 9.98. The van der Waals surface area contributed by atoms with Crippen LogP contribution in [0, 0.1) is 47.6 Å². The summed E-state index contributed by atoms with van der Waals surface area (Å²) in [6, 6.07) is 62.0. The number of nitrogens with two attached hydrogens (primary N) is 2. The van der Waals surface area contributed by atoms with Gasteiger partial charge in [-0.1, -0.05) is 101 Å². The normalized spacial score (nSPS) is 11.6. The van der Waals surface area contributed by atoms with Crippen molar-refractivity contribution < 1.29 is 54.5 Å². The van der Waals surface area contributed by atoms with Crippen LogP contribution in [-0.4, -0.2) is 132 Å². The lowest BCUT2D eigenvalue weighted by molar-refractivity contribution is 0.0943. The van der Waals surface area contributed by atoms with Crippen molar-refractivity contribution in [1.29, 1.82) is 0 Å². The Morgan fingerprint density at radius 2 is 0.775 bits per heavy atom. The monoisotopic (exact) mass is 1930 g/mol. The molecular formula is C103H70Cl4F7N19O5. The van der Waals surface area contributed by atoms with Crippen molar-refractivity contribution in [2.45, 2.75) is 6.92 Å². The number of halogens is 11. The van der Waals surface area contributed by atoms with E-state index in [-0.39, 0.29) is 50.6 Å². The number of imidazole rings is 1. The molecule has 138 heavy (non-hydrogen) atoms. The van der Waals surface area contributed by atoms with Crippen LogP contribution < -0.4 is 26.3 Å². The Morgan fingerprint density at radius 3 is 1.20 bits per heavy atom. The Labute approximate surface area is 800 Å². The molecule has 35 heteroatoms. The van der Waals surface area contributed by atoms with Crippen LogP contribution in [-0.2, 0) is 4.74 Å². The standard InChI is InChI=1S/C25H22FN5O3.C20H12ClF2N3O.C20H13ClFN3O.C19H11ClF2N4.C19H12ClFN4/c1-16-13-17(4-6-20(16)26)23-19(3-2-8-27-23)18-5-7-22-29-14-21(31(22)15-18)24(32)28-9-10-30-11-12-34-25(30)33;1-27-20-14-7-11(4-5-18(14)25-10-26-20)12-3-2-6-24-19(12)13-8-15(21)17(23)9-16(13)22;1-26-20-16-9-12(4-7-18(16)24-11-25-20)14-3-2-8-23-19(14)15-10-13(21)5-6-17(15)22;20-14-7-12(15(21)8-16(14)22)18-11(2-1-5-24-18)10-3-4-17-13(6-10)19(23)26-9-25-17;20-12-4-5-16(21)14(9-12)18-13(2-1-7-23-18)11-3-6-17-15(8-11)19(22)25-10-24-17/h2-8,13-15H,9-12H2,1H3,(H,28,32);2-10H,1H3;2-11H,1H3;1-9H,(H2,23,25,26);1-10H,(H2,22,24,25). The molecule has 5 N–H and O–H groups in total. The summed E-state index contributed by atoms with van der Waals surface area (Å²) >= 11 is 23.8. The molecule has 9 aromatic carbocycles. The number of fused-ring (bicyclic) bond motifs is 5. The second-order valence-electron chi connectivity index (χ2n) is 30.6. The number of carbonyl (C=O) groups excluding carboxylic acids is 2. The van der Waals surface area contributed by atoms with E-state index in [9.17, 15) is 40.3 Å². The SMILES string of the molecule is COc1ncnc2ccc(-c3cccnc3-c3cc(Cl)c(F)cc3F)cc12.COc1ncnc2ccc(-c3cccnc3-c3cc(Cl)ccc3F)cc12.Cc1cc(-c2ncccc2-c2ccc3ncc(C(=O)NCCN4CCOC4=O)n3c2)ccc1F.Nc1ncnc2ccc(-c3cccnc3-c3cc(Cl)c(F)cc3F)cc12.Nc1ncnc2ccc(-c3cccnc3-c3cc(Cl)ccc3F)cc12. The van der Waals surface area contributed by atoms with Crippen LogP contribution in [0.4, 0.5) is 47.2 Å². The van der Waals surface area contributed by atoms with Gasteiger partial charge in [0.05, 0.1) is 98.3 Å². The summed E-state index contributed by atoms with van der Waals surface area (Å²) in [5, 5.41) is 6.29. The number of nitrogens with zero attached hydrogens (tertiary/aromatic N) is 16. The largest absolute Gasteiger partial charge is 0.480 e. The summed E-state index contributed by atoms with van der Waals surface area (Å²) < 4.78 is 116. The van der Waals surface area contributed by atoms with Crippen LogP contribution in [0.5, 0.6) is 11.8 Å². The summed E-state index contributed by atoms with van der Waals surface area (Å²) in [6.07, 6.45) is 16.7. The molecule has 11 aromatic heterocycles. The summed E-state index contributed by atoms with van der Waals surface area (Å²) in [6.45, 7) is 3.29. The first-order valence-corrected chi connectivity index (χ1v) is 43.4. The highest BCUT2D eigenvalue weighted by atomic mass is 35.5. The van der Waals surface area contributed by atoms with E-state index >= 15 is 0 Å². The van der Waals surface area contributed by atoms with Crippen LogP contribution in [0.25, 0.3) is 161 Å². The van der Waals surface area contributed by atoms with E-state index in [1.165, 1.54) is 87.3 Å². The number of aryl methyl sites for hydroxylation is 1. The van der Waals surface area contributed by atoms with E-state index in [1.807, 2.05) is 115 Å². The van der Waals surface area contributed by atoms with E-state index in [1.54, 1.807) is 109 Å². The molecule has 20 aromatic rings. The number of anilines is 2. The van der Waals surface area contributed by atoms with Crippen molar-refractivity contribution in [2.24, 2.45) is 0 Å². The molecule has 21 rings (SSSR count). The Kier molecular flexibility index (Phi) is 28.0. The van der Waals surface area contributed by atoms with Crippen molar-refractivity contribution in [2.75, 3.05) is 51.9 Å². The third-order valence-corrected chi connectivity index (χ3v) is 23.1. The molecule has 2 amide bonds. The molecule has 684 valence electrons. The number of nitrogens with one attached hydrogen (secondary N) is 1. The highest BCUT2D eigenvalue weighted by Gasteiger charge is 2.26. The zero-order chi connectivity index (χ0) is 96.4. The second kappa shape index (κ2) is 41.5. The molecule has 0 bridgehead atoms. The lowest BCUT2D eigenvalue weighted by Gasteiger charge is -2.13. The molecule has 0 atom stereocenters. The Bertz CT molecular complexity index is 8100. The maximum Gasteiger partial charge on any atom is 0.409 e. The molecule has 1 saturated heterocycles. The van der Waals surface area contributed by atoms with Gasteiger partial charge in [-0.05, 0) is 192 Å². The number of ether oxygens (including phenoxy) is 3. The summed E-state index contributed by atoms with van der Waals surface area (Å²) in [5.74, 6) is -2.78. The fraction of sp³-hybridized carbons (Fsp3) is 0.0680. The highest BCUT2D eigenvalue weighted by Crippen LogP contribution is 2.43. The number of carbonyl (C=O) groups is 2. The van der Waals surface area contributed by atoms with Crippen molar-refractivity contribution >= 4 is 119 Å². The minimum Gasteiger partial charge on any atom is -0.480 e. The highest BCUT2D eigenvalue weighted by molar-refractivity contribution is 6.32. The maximum atomic E-state index is 14.4. The van der Waals surface area contributed by atoms with E-state index in [0.29, 0.717) is 149 Å². The van der Waals surface area contributed by atoms with Gasteiger partial charge in [0.25, 0.3) is 5.91 Å². The van der Waals surface area contributed by atoms with Gasteiger partial charge in [0.2, 0.25) is 11.8 Å². The second-order valence-corrected chi connectivity index (χ2v) is 32.2. The molecule has 0 unspecified atom stereocenters. The molecule has 0 radical (unpaired) electrons. The first-order valence-electron chi connectivity index (χ1n) is 41.9. The minimum atomic E-state index is -0.818. The van der Waals surface area contributed by atoms with Crippen molar-refractivity contribution in [3.63, 3.8) is 0 Å². The lowest BCUT2D eigenvalue weighted by Crippen LogP contribution is -2.35. The van der Waals surface area contributed by atoms with Crippen LogP contribution in [0.1, 0.15) is 16.1 Å². The van der Waals surface area contributed by atoms with Gasteiger partial charge < -0.3 is 35.9 Å². The van der Waals surface area contributed by atoms with Gasteiger partial charge in [0.1, 0.15) is 95.6 Å². The smallest absolute Gasteiger partial charge is 0.409 e. The quantitative estimate of drug-likeness (QED) is 0.0598. The Hall–Kier alpha value is -16.6.